The highest BCUT2D eigenvalue weighted by molar-refractivity contribution is 5.74. The molecule has 16 heavy (non-hydrogen) atoms. The quantitative estimate of drug-likeness (QED) is 0.485. The van der Waals surface area contributed by atoms with Crippen LogP contribution in [0.25, 0.3) is 0 Å². The summed E-state index contributed by atoms with van der Waals surface area (Å²) in [5, 5.41) is 0. The van der Waals surface area contributed by atoms with Crippen LogP contribution in [0.3, 0.4) is 0 Å². The molecule has 0 bridgehead atoms. The summed E-state index contributed by atoms with van der Waals surface area (Å²) < 4.78 is 5.24. The maximum atomic E-state index is 11.3. The van der Waals surface area contributed by atoms with Crippen molar-refractivity contribution >= 4 is 5.97 Å². The van der Waals surface area contributed by atoms with E-state index in [2.05, 4.69) is 6.92 Å². The SMILES string of the molecule is CCCCCCCCC1C(C)OC(=O)C1C. The van der Waals surface area contributed by atoms with E-state index < -0.39 is 0 Å². The third-order valence-corrected chi connectivity index (χ3v) is 3.81. The van der Waals surface area contributed by atoms with Crippen LogP contribution in [0.4, 0.5) is 0 Å². The number of ether oxygens (including phenoxy) is 1. The number of unbranched alkanes of at least 4 members (excludes halogenated alkanes) is 5. The molecule has 0 saturated carbocycles. The number of carbonyl (C=O) groups is 1. The van der Waals surface area contributed by atoms with E-state index >= 15 is 0 Å². The van der Waals surface area contributed by atoms with Crippen molar-refractivity contribution in [3.05, 3.63) is 0 Å². The number of rotatable bonds is 7. The Balaban J connectivity index is 2.10. The summed E-state index contributed by atoms with van der Waals surface area (Å²) in [5.74, 6) is 0.577. The third kappa shape index (κ3) is 3.80. The van der Waals surface area contributed by atoms with Crippen LogP contribution in [0.5, 0.6) is 0 Å². The fourth-order valence-electron chi connectivity index (χ4n) is 2.60. The van der Waals surface area contributed by atoms with Gasteiger partial charge in [0.1, 0.15) is 6.10 Å². The molecule has 3 atom stereocenters. The number of cyclic esters (lactones) is 1. The summed E-state index contributed by atoms with van der Waals surface area (Å²) in [6.07, 6.45) is 9.22. The average molecular weight is 226 g/mol. The van der Waals surface area contributed by atoms with Crippen LogP contribution in [0.1, 0.15) is 65.7 Å². The van der Waals surface area contributed by atoms with Gasteiger partial charge in [-0.1, -0.05) is 52.4 Å². The van der Waals surface area contributed by atoms with Crippen molar-refractivity contribution in [3.8, 4) is 0 Å². The van der Waals surface area contributed by atoms with Gasteiger partial charge in [0, 0.05) is 5.92 Å². The third-order valence-electron chi connectivity index (χ3n) is 3.81. The average Bonchev–Trinajstić information content (AvgIpc) is 2.49. The van der Waals surface area contributed by atoms with Crippen molar-refractivity contribution < 1.29 is 9.53 Å². The van der Waals surface area contributed by atoms with Gasteiger partial charge in [-0.2, -0.15) is 0 Å². The molecule has 0 spiro atoms. The second-order valence-electron chi connectivity index (χ2n) is 5.15. The number of hydrogen-bond acceptors (Lipinski definition) is 2. The van der Waals surface area contributed by atoms with Crippen LogP contribution in [0.15, 0.2) is 0 Å². The highest BCUT2D eigenvalue weighted by Gasteiger charge is 2.38. The van der Waals surface area contributed by atoms with Gasteiger partial charge in [-0.15, -0.1) is 0 Å². The van der Waals surface area contributed by atoms with Crippen molar-refractivity contribution in [2.75, 3.05) is 0 Å². The molecule has 0 aromatic rings. The lowest BCUT2D eigenvalue weighted by Gasteiger charge is -2.15. The van der Waals surface area contributed by atoms with Crippen molar-refractivity contribution in [2.45, 2.75) is 71.8 Å². The van der Waals surface area contributed by atoms with Crippen molar-refractivity contribution in [1.82, 2.24) is 0 Å². The minimum Gasteiger partial charge on any atom is -0.462 e. The van der Waals surface area contributed by atoms with Gasteiger partial charge in [-0.05, 0) is 13.3 Å². The van der Waals surface area contributed by atoms with E-state index in [1.165, 1.54) is 38.5 Å². The van der Waals surface area contributed by atoms with Crippen molar-refractivity contribution in [3.63, 3.8) is 0 Å². The Morgan fingerprint density at radius 3 is 2.25 bits per heavy atom. The highest BCUT2D eigenvalue weighted by atomic mass is 16.6. The standard InChI is InChI=1S/C14H26O2/c1-4-5-6-7-8-9-10-13-11(2)14(15)16-12(13)3/h11-13H,4-10H2,1-3H3. The van der Waals surface area contributed by atoms with Crippen LogP contribution in [-0.2, 0) is 9.53 Å². The molecule has 2 heteroatoms. The second-order valence-corrected chi connectivity index (χ2v) is 5.15. The number of carbonyl (C=O) groups excluding carboxylic acids is 1. The molecule has 3 unspecified atom stereocenters. The van der Waals surface area contributed by atoms with Crippen LogP contribution >= 0.6 is 0 Å². The Bertz CT molecular complexity index is 213. The van der Waals surface area contributed by atoms with Crippen LogP contribution in [0.2, 0.25) is 0 Å². The summed E-state index contributed by atoms with van der Waals surface area (Å²) in [6.45, 7) is 6.28. The lowest BCUT2D eigenvalue weighted by Crippen LogP contribution is -2.16. The van der Waals surface area contributed by atoms with Crippen LogP contribution in [0, 0.1) is 11.8 Å². The first-order chi connectivity index (χ1) is 7.66. The molecule has 1 heterocycles. The topological polar surface area (TPSA) is 26.3 Å². The zero-order valence-electron chi connectivity index (χ0n) is 11.0. The van der Waals surface area contributed by atoms with Crippen LogP contribution in [-0.4, -0.2) is 12.1 Å². The zero-order valence-corrected chi connectivity index (χ0v) is 11.0. The molecular weight excluding hydrogens is 200 g/mol. The summed E-state index contributed by atoms with van der Waals surface area (Å²) in [7, 11) is 0. The zero-order chi connectivity index (χ0) is 12.0. The Hall–Kier alpha value is -0.530. The van der Waals surface area contributed by atoms with Crippen molar-refractivity contribution in [1.29, 1.82) is 0 Å². The summed E-state index contributed by atoms with van der Waals surface area (Å²) >= 11 is 0. The van der Waals surface area contributed by atoms with E-state index in [9.17, 15) is 4.79 Å². The molecule has 0 radical (unpaired) electrons. The monoisotopic (exact) mass is 226 g/mol. The summed E-state index contributed by atoms with van der Waals surface area (Å²) in [5.41, 5.74) is 0. The fraction of sp³-hybridized carbons (Fsp3) is 0.929. The molecule has 1 rings (SSSR count). The molecule has 1 aliphatic rings. The molecule has 1 aliphatic heterocycles. The van der Waals surface area contributed by atoms with E-state index in [0.717, 1.165) is 6.42 Å². The van der Waals surface area contributed by atoms with Gasteiger partial charge in [-0.3, -0.25) is 4.79 Å². The Kier molecular flexibility index (Phi) is 5.86. The molecule has 1 saturated heterocycles. The summed E-state index contributed by atoms with van der Waals surface area (Å²) in [6, 6.07) is 0. The second kappa shape index (κ2) is 6.93. The molecular formula is C14H26O2. The van der Waals surface area contributed by atoms with E-state index in [-0.39, 0.29) is 18.0 Å². The summed E-state index contributed by atoms with van der Waals surface area (Å²) in [4.78, 5) is 11.3. The number of hydrogen-bond donors (Lipinski definition) is 0. The number of esters is 1. The molecule has 0 aromatic heterocycles. The van der Waals surface area contributed by atoms with Gasteiger partial charge in [0.15, 0.2) is 0 Å². The van der Waals surface area contributed by atoms with E-state index in [4.69, 9.17) is 4.74 Å². The van der Waals surface area contributed by atoms with Gasteiger partial charge in [-0.25, -0.2) is 0 Å². The van der Waals surface area contributed by atoms with Gasteiger partial charge in [0.25, 0.3) is 0 Å². The fourth-order valence-corrected chi connectivity index (χ4v) is 2.60. The lowest BCUT2D eigenvalue weighted by molar-refractivity contribution is -0.143. The first-order valence-corrected chi connectivity index (χ1v) is 6.87. The van der Waals surface area contributed by atoms with Gasteiger partial charge < -0.3 is 4.74 Å². The highest BCUT2D eigenvalue weighted by Crippen LogP contribution is 2.32. The van der Waals surface area contributed by atoms with Gasteiger partial charge >= 0.3 is 5.97 Å². The normalized spacial score (nSPS) is 29.4. The first-order valence-electron chi connectivity index (χ1n) is 6.87. The first kappa shape index (κ1) is 13.5. The minimum atomic E-state index is 0.00322. The largest absolute Gasteiger partial charge is 0.462 e. The molecule has 2 nitrogen and oxygen atoms in total. The van der Waals surface area contributed by atoms with E-state index in [1.807, 2.05) is 13.8 Å². The maximum absolute atomic E-state index is 11.3. The van der Waals surface area contributed by atoms with E-state index in [1.54, 1.807) is 0 Å². The van der Waals surface area contributed by atoms with Gasteiger partial charge in [0.05, 0.1) is 5.92 Å². The van der Waals surface area contributed by atoms with Gasteiger partial charge in [0.2, 0.25) is 0 Å². The molecule has 94 valence electrons. The predicted molar refractivity (Wildman–Crippen MR) is 66.2 cm³/mol. The minimum absolute atomic E-state index is 0.00322. The molecule has 1 fully saturated rings. The lowest BCUT2D eigenvalue weighted by atomic mass is 9.87. The van der Waals surface area contributed by atoms with Crippen LogP contribution < -0.4 is 0 Å². The van der Waals surface area contributed by atoms with Crippen molar-refractivity contribution in [2.24, 2.45) is 11.8 Å². The smallest absolute Gasteiger partial charge is 0.309 e. The Labute approximate surface area is 99.8 Å². The Morgan fingerprint density at radius 2 is 1.69 bits per heavy atom. The Morgan fingerprint density at radius 1 is 1.06 bits per heavy atom. The molecule has 0 aromatic carbocycles. The predicted octanol–water partition coefficient (Wildman–Crippen LogP) is 3.93. The van der Waals surface area contributed by atoms with E-state index in [0.29, 0.717) is 5.92 Å². The molecule has 0 N–H and O–H groups in total. The molecule has 0 amide bonds. The molecule has 0 aliphatic carbocycles. The maximum Gasteiger partial charge on any atom is 0.309 e.